The molecule has 10 heteroatoms. The van der Waals surface area contributed by atoms with Gasteiger partial charge in [-0.1, -0.05) is 6.92 Å². The molecule has 2 aromatic rings. The second-order valence-corrected chi connectivity index (χ2v) is 10.6. The van der Waals surface area contributed by atoms with Crippen LogP contribution in [0.1, 0.15) is 19.8 Å². The van der Waals surface area contributed by atoms with E-state index in [4.69, 9.17) is 9.47 Å². The molecular weight excluding hydrogens is 440 g/mol. The zero-order valence-corrected chi connectivity index (χ0v) is 19.1. The Balaban J connectivity index is 1.69. The molecule has 2 aromatic carbocycles. The number of thioether (sulfide) groups is 1. The average Bonchev–Trinajstić information content (AvgIpc) is 2.87. The molecule has 0 bridgehead atoms. The number of carbonyl (C=O) groups is 2. The summed E-state index contributed by atoms with van der Waals surface area (Å²) in [5.74, 6) is 0.0339. The van der Waals surface area contributed by atoms with Crippen LogP contribution in [0.25, 0.3) is 0 Å². The molecule has 0 radical (unpaired) electrons. The Morgan fingerprint density at radius 1 is 1.16 bits per heavy atom. The van der Waals surface area contributed by atoms with E-state index in [-0.39, 0.29) is 28.2 Å². The number of sulfone groups is 1. The van der Waals surface area contributed by atoms with E-state index in [0.717, 1.165) is 4.90 Å². The van der Waals surface area contributed by atoms with Crippen LogP contribution in [0.5, 0.6) is 11.5 Å². The number of benzene rings is 2. The maximum Gasteiger partial charge on any atom is 0.225 e. The standard InChI is InChI=1S/C21H24N2O6S2/c1-13-8-21(25)23-18-12-17(4-5-19(18)30-13)31(26,27)7-6-20(24)22-14-9-15(28-2)11-16(10-14)29-3/h4-5,9-13H,6-8H2,1-3H3,(H,22,24)(H,23,25). The highest BCUT2D eigenvalue weighted by Gasteiger charge is 2.23. The molecule has 1 unspecified atom stereocenters. The number of fused-ring (bicyclic) bond motifs is 1. The fraction of sp³-hybridized carbons (Fsp3) is 0.333. The van der Waals surface area contributed by atoms with Crippen LogP contribution in [0, 0.1) is 0 Å². The van der Waals surface area contributed by atoms with Crippen molar-refractivity contribution in [1.82, 2.24) is 0 Å². The normalized spacial score (nSPS) is 16.0. The summed E-state index contributed by atoms with van der Waals surface area (Å²) in [5, 5.41) is 5.52. The molecule has 31 heavy (non-hydrogen) atoms. The zero-order valence-electron chi connectivity index (χ0n) is 17.4. The molecule has 0 aromatic heterocycles. The van der Waals surface area contributed by atoms with Gasteiger partial charge in [0.15, 0.2) is 9.84 Å². The van der Waals surface area contributed by atoms with Gasteiger partial charge in [0.25, 0.3) is 0 Å². The zero-order chi connectivity index (χ0) is 22.6. The van der Waals surface area contributed by atoms with Gasteiger partial charge in [-0.25, -0.2) is 8.42 Å². The second kappa shape index (κ2) is 9.61. The van der Waals surface area contributed by atoms with Crippen molar-refractivity contribution in [3.8, 4) is 11.5 Å². The summed E-state index contributed by atoms with van der Waals surface area (Å²) in [4.78, 5) is 25.2. The van der Waals surface area contributed by atoms with Crippen LogP contribution in [0.3, 0.4) is 0 Å². The highest BCUT2D eigenvalue weighted by Crippen LogP contribution is 2.36. The highest BCUT2D eigenvalue weighted by molar-refractivity contribution is 8.00. The monoisotopic (exact) mass is 464 g/mol. The van der Waals surface area contributed by atoms with E-state index in [1.807, 2.05) is 6.92 Å². The van der Waals surface area contributed by atoms with Crippen molar-refractivity contribution < 1.29 is 27.5 Å². The molecule has 1 aliphatic heterocycles. The van der Waals surface area contributed by atoms with Crippen molar-refractivity contribution in [2.45, 2.75) is 34.8 Å². The Hall–Kier alpha value is -2.72. The van der Waals surface area contributed by atoms with Gasteiger partial charge in [0.2, 0.25) is 11.8 Å². The molecule has 0 saturated heterocycles. The largest absolute Gasteiger partial charge is 0.497 e. The van der Waals surface area contributed by atoms with Gasteiger partial charge in [0.1, 0.15) is 11.5 Å². The minimum absolute atomic E-state index is 0.0672. The Morgan fingerprint density at radius 2 is 1.84 bits per heavy atom. The first-order valence-electron chi connectivity index (χ1n) is 9.56. The lowest BCUT2D eigenvalue weighted by Crippen LogP contribution is -2.18. The molecule has 1 atom stereocenters. The number of rotatable bonds is 7. The summed E-state index contributed by atoms with van der Waals surface area (Å²) < 4.78 is 35.9. The minimum Gasteiger partial charge on any atom is -0.497 e. The third-order valence-corrected chi connectivity index (χ3v) is 7.51. The van der Waals surface area contributed by atoms with Crippen LogP contribution in [0.15, 0.2) is 46.2 Å². The van der Waals surface area contributed by atoms with E-state index in [1.54, 1.807) is 24.3 Å². The minimum atomic E-state index is -3.72. The topological polar surface area (TPSA) is 111 Å². The maximum absolute atomic E-state index is 12.8. The summed E-state index contributed by atoms with van der Waals surface area (Å²) in [6.45, 7) is 1.94. The molecule has 2 amide bonds. The van der Waals surface area contributed by atoms with Gasteiger partial charge in [0.05, 0.1) is 30.6 Å². The van der Waals surface area contributed by atoms with E-state index in [0.29, 0.717) is 29.3 Å². The fourth-order valence-electron chi connectivity index (χ4n) is 3.07. The summed E-state index contributed by atoms with van der Waals surface area (Å²) in [6, 6.07) is 9.55. The van der Waals surface area contributed by atoms with Crippen molar-refractivity contribution >= 4 is 44.8 Å². The SMILES string of the molecule is COc1cc(NC(=O)CCS(=O)(=O)c2ccc3c(c2)NC(=O)CC(C)S3)cc(OC)c1. The smallest absolute Gasteiger partial charge is 0.225 e. The van der Waals surface area contributed by atoms with Gasteiger partial charge in [0, 0.05) is 46.9 Å². The quantitative estimate of drug-likeness (QED) is 0.647. The number of amides is 2. The molecule has 0 saturated carbocycles. The second-order valence-electron chi connectivity index (χ2n) is 7.06. The first-order valence-corrected chi connectivity index (χ1v) is 12.1. The van der Waals surface area contributed by atoms with E-state index >= 15 is 0 Å². The van der Waals surface area contributed by atoms with E-state index in [1.165, 1.54) is 38.1 Å². The number of carbonyl (C=O) groups excluding carboxylic acids is 2. The van der Waals surface area contributed by atoms with E-state index in [9.17, 15) is 18.0 Å². The molecule has 0 aliphatic carbocycles. The molecule has 166 valence electrons. The van der Waals surface area contributed by atoms with Crippen LogP contribution < -0.4 is 20.1 Å². The van der Waals surface area contributed by atoms with Crippen LogP contribution in [-0.2, 0) is 19.4 Å². The van der Waals surface area contributed by atoms with Crippen LogP contribution in [0.4, 0.5) is 11.4 Å². The summed E-state index contributed by atoms with van der Waals surface area (Å²) in [6.07, 6.45) is 0.133. The van der Waals surface area contributed by atoms with Gasteiger partial charge < -0.3 is 20.1 Å². The van der Waals surface area contributed by atoms with Gasteiger partial charge in [-0.05, 0) is 18.2 Å². The van der Waals surface area contributed by atoms with Crippen molar-refractivity contribution in [3.05, 3.63) is 36.4 Å². The fourth-order valence-corrected chi connectivity index (χ4v) is 5.39. The molecule has 8 nitrogen and oxygen atoms in total. The number of ether oxygens (including phenoxy) is 2. The molecule has 1 aliphatic rings. The number of anilines is 2. The number of hydrogen-bond acceptors (Lipinski definition) is 7. The molecule has 1 heterocycles. The van der Waals surface area contributed by atoms with E-state index < -0.39 is 15.7 Å². The molecule has 0 spiro atoms. The van der Waals surface area contributed by atoms with Crippen LogP contribution in [0.2, 0.25) is 0 Å². The summed E-state index contributed by atoms with van der Waals surface area (Å²) in [5.41, 5.74) is 0.922. The Labute approximate surface area is 185 Å². The van der Waals surface area contributed by atoms with Crippen molar-refractivity contribution in [2.24, 2.45) is 0 Å². The van der Waals surface area contributed by atoms with Crippen molar-refractivity contribution in [3.63, 3.8) is 0 Å². The predicted molar refractivity (Wildman–Crippen MR) is 120 cm³/mol. The van der Waals surface area contributed by atoms with Gasteiger partial charge in [-0.3, -0.25) is 9.59 Å². The Morgan fingerprint density at radius 3 is 2.48 bits per heavy atom. The van der Waals surface area contributed by atoms with E-state index in [2.05, 4.69) is 10.6 Å². The summed E-state index contributed by atoms with van der Waals surface area (Å²) >= 11 is 1.52. The lowest BCUT2D eigenvalue weighted by Gasteiger charge is -2.11. The van der Waals surface area contributed by atoms with Crippen LogP contribution >= 0.6 is 11.8 Å². The first-order chi connectivity index (χ1) is 14.7. The molecule has 0 fully saturated rings. The van der Waals surface area contributed by atoms with Gasteiger partial charge >= 0.3 is 0 Å². The van der Waals surface area contributed by atoms with Crippen molar-refractivity contribution in [2.75, 3.05) is 30.6 Å². The predicted octanol–water partition coefficient (Wildman–Crippen LogP) is 3.33. The number of methoxy groups -OCH3 is 2. The van der Waals surface area contributed by atoms with Crippen molar-refractivity contribution in [1.29, 1.82) is 0 Å². The lowest BCUT2D eigenvalue weighted by molar-refractivity contribution is -0.116. The summed E-state index contributed by atoms with van der Waals surface area (Å²) in [7, 11) is -0.730. The Bertz CT molecular complexity index is 1080. The maximum atomic E-state index is 12.8. The number of nitrogens with one attached hydrogen (secondary N) is 2. The third-order valence-electron chi connectivity index (χ3n) is 4.62. The molecular formula is C21H24N2O6S2. The third kappa shape index (κ3) is 5.92. The first kappa shape index (κ1) is 23.0. The molecule has 3 rings (SSSR count). The van der Waals surface area contributed by atoms with Crippen LogP contribution in [-0.4, -0.2) is 45.5 Å². The average molecular weight is 465 g/mol. The highest BCUT2D eigenvalue weighted by atomic mass is 32.2. The van der Waals surface area contributed by atoms with Gasteiger partial charge in [-0.15, -0.1) is 11.8 Å². The molecule has 2 N–H and O–H groups in total. The Kier molecular flexibility index (Phi) is 7.11. The number of hydrogen-bond donors (Lipinski definition) is 2. The lowest BCUT2D eigenvalue weighted by atomic mass is 10.2. The van der Waals surface area contributed by atoms with Gasteiger partial charge in [-0.2, -0.15) is 0 Å².